The molecule has 2 aliphatic heterocycles. The molecule has 2 amide bonds. The van der Waals surface area contributed by atoms with Crippen LogP contribution in [0, 0.1) is 5.41 Å². The second-order valence-electron chi connectivity index (χ2n) is 4.60. The summed E-state index contributed by atoms with van der Waals surface area (Å²) in [6.45, 7) is 0.571. The smallest absolute Gasteiger partial charge is 0.249 e. The van der Waals surface area contributed by atoms with Gasteiger partial charge in [0.25, 0.3) is 0 Å². The largest absolute Gasteiger partial charge is 0.340 e. The Morgan fingerprint density at radius 2 is 2.06 bits per heavy atom. The van der Waals surface area contributed by atoms with Crippen LogP contribution in [0.15, 0.2) is 24.3 Å². The van der Waals surface area contributed by atoms with Crippen LogP contribution in [0.2, 0.25) is 0 Å². The van der Waals surface area contributed by atoms with Gasteiger partial charge in [-0.3, -0.25) is 20.3 Å². The fourth-order valence-corrected chi connectivity index (χ4v) is 2.55. The minimum atomic E-state index is -0.400. The van der Waals surface area contributed by atoms with Crippen LogP contribution in [0.4, 0.5) is 0 Å². The van der Waals surface area contributed by atoms with Crippen molar-refractivity contribution in [2.24, 2.45) is 0 Å². The zero-order valence-electron chi connectivity index (χ0n) is 9.77. The van der Waals surface area contributed by atoms with Crippen molar-refractivity contribution in [3.8, 4) is 0 Å². The molecule has 0 radical (unpaired) electrons. The Hall–Kier alpha value is -2.17. The van der Waals surface area contributed by atoms with Crippen molar-refractivity contribution in [2.45, 2.75) is 25.4 Å². The van der Waals surface area contributed by atoms with Gasteiger partial charge in [0.2, 0.25) is 11.8 Å². The molecule has 0 spiro atoms. The highest BCUT2D eigenvalue weighted by molar-refractivity contribution is 6.06. The first-order chi connectivity index (χ1) is 8.66. The molecule has 0 saturated carbocycles. The molecular weight excluding hydrogens is 230 g/mol. The molecule has 92 valence electrons. The molecule has 5 nitrogen and oxygen atoms in total. The number of amides is 2. The lowest BCUT2D eigenvalue weighted by molar-refractivity contribution is -0.136. The summed E-state index contributed by atoms with van der Waals surface area (Å²) in [5.74, 6) is -0.136. The number of rotatable bonds is 1. The number of fused-ring (bicyclic) bond motifs is 1. The van der Waals surface area contributed by atoms with Crippen LogP contribution in [-0.4, -0.2) is 28.6 Å². The summed E-state index contributed by atoms with van der Waals surface area (Å²) in [5, 5.41) is 10.5. The summed E-state index contributed by atoms with van der Waals surface area (Å²) in [5.41, 5.74) is 1.94. The third kappa shape index (κ3) is 1.59. The Morgan fingerprint density at radius 1 is 1.28 bits per heavy atom. The lowest BCUT2D eigenvalue weighted by atomic mass is 10.0. The predicted octanol–water partition coefficient (Wildman–Crippen LogP) is 0.633. The number of hydrogen-bond donors (Lipinski definition) is 2. The molecule has 1 aromatic rings. The molecule has 2 heterocycles. The van der Waals surface area contributed by atoms with E-state index in [0.29, 0.717) is 25.2 Å². The molecule has 1 unspecified atom stereocenters. The van der Waals surface area contributed by atoms with Gasteiger partial charge in [0, 0.05) is 18.5 Å². The Kier molecular flexibility index (Phi) is 2.40. The van der Waals surface area contributed by atoms with Crippen LogP contribution >= 0.6 is 0 Å². The quantitative estimate of drug-likeness (QED) is 0.711. The SMILES string of the molecule is N=C1c2ccccc2CN1C1CCC(=O)NC1=O. The Balaban J connectivity index is 1.86. The van der Waals surface area contributed by atoms with Gasteiger partial charge in [-0.15, -0.1) is 0 Å². The van der Waals surface area contributed by atoms with Gasteiger partial charge in [0.15, 0.2) is 0 Å². The van der Waals surface area contributed by atoms with Gasteiger partial charge >= 0.3 is 0 Å². The van der Waals surface area contributed by atoms with Crippen molar-refractivity contribution in [2.75, 3.05) is 0 Å². The maximum atomic E-state index is 11.8. The Morgan fingerprint density at radius 3 is 2.78 bits per heavy atom. The van der Waals surface area contributed by atoms with E-state index in [1.165, 1.54) is 0 Å². The number of benzene rings is 1. The van der Waals surface area contributed by atoms with Crippen LogP contribution in [-0.2, 0) is 16.1 Å². The third-order valence-corrected chi connectivity index (χ3v) is 3.49. The van der Waals surface area contributed by atoms with Crippen LogP contribution < -0.4 is 5.32 Å². The summed E-state index contributed by atoms with van der Waals surface area (Å²) in [6.07, 6.45) is 0.831. The number of amidine groups is 1. The Bertz CT molecular complexity index is 553. The maximum Gasteiger partial charge on any atom is 0.249 e. The summed E-state index contributed by atoms with van der Waals surface area (Å²) in [4.78, 5) is 24.7. The summed E-state index contributed by atoms with van der Waals surface area (Å²) >= 11 is 0. The van der Waals surface area contributed by atoms with E-state index < -0.39 is 6.04 Å². The molecule has 0 bridgehead atoms. The highest BCUT2D eigenvalue weighted by atomic mass is 16.2. The lowest BCUT2D eigenvalue weighted by Gasteiger charge is -2.30. The first-order valence-corrected chi connectivity index (χ1v) is 5.94. The molecule has 1 atom stereocenters. The highest BCUT2D eigenvalue weighted by Crippen LogP contribution is 2.26. The van der Waals surface area contributed by atoms with E-state index in [1.807, 2.05) is 24.3 Å². The average molecular weight is 243 g/mol. The normalized spacial score (nSPS) is 23.0. The third-order valence-electron chi connectivity index (χ3n) is 3.49. The maximum absolute atomic E-state index is 11.8. The van der Waals surface area contributed by atoms with E-state index >= 15 is 0 Å². The van der Waals surface area contributed by atoms with Crippen molar-refractivity contribution in [3.63, 3.8) is 0 Å². The number of imide groups is 1. The molecule has 0 aromatic heterocycles. The van der Waals surface area contributed by atoms with Crippen molar-refractivity contribution in [3.05, 3.63) is 35.4 Å². The summed E-state index contributed by atoms with van der Waals surface area (Å²) < 4.78 is 0. The van der Waals surface area contributed by atoms with Gasteiger partial charge in [-0.2, -0.15) is 0 Å². The minimum Gasteiger partial charge on any atom is -0.340 e. The molecule has 2 N–H and O–H groups in total. The van der Waals surface area contributed by atoms with Gasteiger partial charge in [-0.25, -0.2) is 0 Å². The average Bonchev–Trinajstić information content (AvgIpc) is 2.68. The van der Waals surface area contributed by atoms with Crippen molar-refractivity contribution in [1.29, 1.82) is 5.41 Å². The standard InChI is InChI=1S/C13H13N3O2/c14-12-9-4-2-1-3-8(9)7-16(12)10-5-6-11(17)15-13(10)18/h1-4,10,14H,5-7H2,(H,15,17,18). The molecule has 3 rings (SSSR count). The van der Waals surface area contributed by atoms with Crippen LogP contribution in [0.5, 0.6) is 0 Å². The van der Waals surface area contributed by atoms with Crippen molar-refractivity contribution in [1.82, 2.24) is 10.2 Å². The van der Waals surface area contributed by atoms with Gasteiger partial charge in [0.05, 0.1) is 0 Å². The van der Waals surface area contributed by atoms with Crippen molar-refractivity contribution < 1.29 is 9.59 Å². The molecule has 0 aliphatic carbocycles. The fourth-order valence-electron chi connectivity index (χ4n) is 2.55. The van der Waals surface area contributed by atoms with E-state index in [9.17, 15) is 9.59 Å². The molecule has 5 heteroatoms. The fraction of sp³-hybridized carbons (Fsp3) is 0.308. The predicted molar refractivity (Wildman–Crippen MR) is 65.0 cm³/mol. The van der Waals surface area contributed by atoms with Crippen LogP contribution in [0.1, 0.15) is 24.0 Å². The molecule has 1 fully saturated rings. The number of nitrogens with one attached hydrogen (secondary N) is 2. The topological polar surface area (TPSA) is 73.3 Å². The first kappa shape index (κ1) is 11.0. The number of nitrogens with zero attached hydrogens (tertiary/aromatic N) is 1. The summed E-state index contributed by atoms with van der Waals surface area (Å²) in [6, 6.07) is 7.28. The lowest BCUT2D eigenvalue weighted by Crippen LogP contribution is -2.52. The molecule has 1 aromatic carbocycles. The second kappa shape index (κ2) is 3.94. The summed E-state index contributed by atoms with van der Waals surface area (Å²) in [7, 11) is 0. The van der Waals surface area contributed by atoms with Crippen LogP contribution in [0.3, 0.4) is 0 Å². The van der Waals surface area contributed by atoms with Crippen molar-refractivity contribution >= 4 is 17.6 Å². The Labute approximate surface area is 104 Å². The van der Waals surface area contributed by atoms with E-state index in [0.717, 1.165) is 11.1 Å². The number of piperidine rings is 1. The van der Waals surface area contributed by atoms with Gasteiger partial charge in [0.1, 0.15) is 11.9 Å². The van der Waals surface area contributed by atoms with E-state index in [2.05, 4.69) is 5.32 Å². The number of carbonyl (C=O) groups is 2. The molecule has 2 aliphatic rings. The number of hydrogen-bond acceptors (Lipinski definition) is 3. The van der Waals surface area contributed by atoms with E-state index in [4.69, 9.17) is 5.41 Å². The second-order valence-corrected chi connectivity index (χ2v) is 4.60. The van der Waals surface area contributed by atoms with E-state index in [1.54, 1.807) is 4.90 Å². The molecule has 18 heavy (non-hydrogen) atoms. The number of carbonyl (C=O) groups excluding carboxylic acids is 2. The van der Waals surface area contributed by atoms with E-state index in [-0.39, 0.29) is 11.8 Å². The van der Waals surface area contributed by atoms with Crippen LogP contribution in [0.25, 0.3) is 0 Å². The molecular formula is C13H13N3O2. The first-order valence-electron chi connectivity index (χ1n) is 5.94. The zero-order valence-corrected chi connectivity index (χ0v) is 9.77. The monoisotopic (exact) mass is 243 g/mol. The molecule has 1 saturated heterocycles. The van der Waals surface area contributed by atoms with Gasteiger partial charge in [-0.05, 0) is 12.0 Å². The van der Waals surface area contributed by atoms with Gasteiger partial charge in [-0.1, -0.05) is 24.3 Å². The zero-order chi connectivity index (χ0) is 12.7. The van der Waals surface area contributed by atoms with Gasteiger partial charge < -0.3 is 4.90 Å². The minimum absolute atomic E-state index is 0.223. The highest BCUT2D eigenvalue weighted by Gasteiger charge is 2.36.